The number of ether oxygens (including phenoxy) is 1. The van der Waals surface area contributed by atoms with Crippen LogP contribution in [-0.2, 0) is 9.59 Å². The summed E-state index contributed by atoms with van der Waals surface area (Å²) in [6, 6.07) is 25.3. The Morgan fingerprint density at radius 1 is 0.773 bits per heavy atom. The van der Waals surface area contributed by atoms with Gasteiger partial charge in [0.25, 0.3) is 17.7 Å². The van der Waals surface area contributed by atoms with E-state index in [-0.39, 0.29) is 28.0 Å². The van der Waals surface area contributed by atoms with Crippen molar-refractivity contribution in [3.8, 4) is 5.75 Å². The Balaban J connectivity index is 1.35. The zero-order valence-corrected chi connectivity index (χ0v) is 25.3. The van der Waals surface area contributed by atoms with E-state index in [0.717, 1.165) is 32.3 Å². The maximum atomic E-state index is 14.6. The number of Topliss-reactive ketones (excluding diaryl/α,β-unsaturated/α-hetero) is 1. The van der Waals surface area contributed by atoms with Crippen LogP contribution in [0.5, 0.6) is 5.75 Å². The minimum atomic E-state index is -1.24. The molecule has 1 fully saturated rings. The SMILES string of the molecule is COc1ccc(C(=O)[C@H](C)N(C(=O)c2ccc(Cl)cc2Cl)N2C(=O)[C@@H]3C4c5ccccc5C(c5ccccc54)[C@H]3C2=O)cc1. The lowest BCUT2D eigenvalue weighted by Crippen LogP contribution is -2.56. The minimum absolute atomic E-state index is 0.00969. The Hall–Kier alpha value is -4.46. The second-order valence-electron chi connectivity index (χ2n) is 11.3. The van der Waals surface area contributed by atoms with Crippen LogP contribution in [0, 0.1) is 11.8 Å². The smallest absolute Gasteiger partial charge is 0.275 e. The molecule has 4 aromatic rings. The highest BCUT2D eigenvalue weighted by atomic mass is 35.5. The van der Waals surface area contributed by atoms with Crippen molar-refractivity contribution < 1.29 is 23.9 Å². The predicted octanol–water partition coefficient (Wildman–Crippen LogP) is 6.52. The van der Waals surface area contributed by atoms with Gasteiger partial charge in [-0.25, -0.2) is 5.01 Å². The van der Waals surface area contributed by atoms with Gasteiger partial charge in [0.05, 0.1) is 29.5 Å². The number of amides is 3. The molecule has 1 saturated heterocycles. The Morgan fingerprint density at radius 2 is 1.27 bits per heavy atom. The normalized spacial score (nSPS) is 21.8. The lowest BCUT2D eigenvalue weighted by Gasteiger charge is -2.45. The molecule has 4 aliphatic rings. The van der Waals surface area contributed by atoms with E-state index in [2.05, 4.69) is 0 Å². The Kier molecular flexibility index (Phi) is 6.83. The molecule has 1 heterocycles. The number of benzene rings is 4. The minimum Gasteiger partial charge on any atom is -0.497 e. The zero-order chi connectivity index (χ0) is 30.9. The van der Waals surface area contributed by atoms with E-state index in [9.17, 15) is 19.2 Å². The number of nitrogens with zero attached hydrogens (tertiary/aromatic N) is 2. The first-order chi connectivity index (χ1) is 21.2. The standard InChI is InChI=1S/C35H26Cl2N2O5/c1-18(32(40)19-11-14-21(44-2)15-12-19)38(33(41)26-16-13-20(36)17-27(26)37)39-34(42)30-28-22-7-3-4-8-23(22)29(31(30)35(39)43)25-10-6-5-9-24(25)28/h3-18,28-31H,1-2H3/t18-,28?,29?,30+,31+/m0/s1. The van der Waals surface area contributed by atoms with Crippen LogP contribution in [0.4, 0.5) is 0 Å². The molecule has 220 valence electrons. The summed E-state index contributed by atoms with van der Waals surface area (Å²) in [7, 11) is 1.52. The largest absolute Gasteiger partial charge is 0.497 e. The highest BCUT2D eigenvalue weighted by Gasteiger charge is 2.63. The van der Waals surface area contributed by atoms with Crippen LogP contribution in [0.3, 0.4) is 0 Å². The predicted molar refractivity (Wildman–Crippen MR) is 165 cm³/mol. The van der Waals surface area contributed by atoms with Gasteiger partial charge in [0.2, 0.25) is 0 Å². The van der Waals surface area contributed by atoms with Crippen LogP contribution in [0.1, 0.15) is 61.7 Å². The summed E-state index contributed by atoms with van der Waals surface area (Å²) in [4.78, 5) is 57.3. The highest BCUT2D eigenvalue weighted by Crippen LogP contribution is 2.61. The van der Waals surface area contributed by atoms with Crippen molar-refractivity contribution in [2.24, 2.45) is 11.8 Å². The number of hydrogen-bond donors (Lipinski definition) is 0. The molecule has 0 spiro atoms. The van der Waals surface area contributed by atoms with Gasteiger partial charge in [-0.3, -0.25) is 19.2 Å². The van der Waals surface area contributed by atoms with Crippen molar-refractivity contribution in [3.63, 3.8) is 0 Å². The van der Waals surface area contributed by atoms with Gasteiger partial charge in [0, 0.05) is 22.4 Å². The number of hydrogen-bond acceptors (Lipinski definition) is 5. The fourth-order valence-electron chi connectivity index (χ4n) is 7.21. The maximum Gasteiger partial charge on any atom is 0.275 e. The summed E-state index contributed by atoms with van der Waals surface area (Å²) in [6.45, 7) is 1.51. The van der Waals surface area contributed by atoms with Crippen molar-refractivity contribution in [2.45, 2.75) is 24.8 Å². The van der Waals surface area contributed by atoms with E-state index in [0.29, 0.717) is 10.8 Å². The fraction of sp³-hybridized carbons (Fsp3) is 0.200. The zero-order valence-electron chi connectivity index (χ0n) is 23.7. The van der Waals surface area contributed by atoms with Crippen LogP contribution in [0.2, 0.25) is 10.0 Å². The Bertz CT molecular complexity index is 1760. The molecule has 9 heteroatoms. The summed E-state index contributed by atoms with van der Waals surface area (Å²) in [6.07, 6.45) is 0. The van der Waals surface area contributed by atoms with Crippen molar-refractivity contribution in [3.05, 3.63) is 134 Å². The molecule has 8 rings (SSSR count). The fourth-order valence-corrected chi connectivity index (χ4v) is 7.70. The van der Waals surface area contributed by atoms with Crippen molar-refractivity contribution in [1.29, 1.82) is 0 Å². The Labute approximate surface area is 263 Å². The van der Waals surface area contributed by atoms with Gasteiger partial charge in [-0.15, -0.1) is 0 Å². The molecule has 0 saturated carbocycles. The number of rotatable bonds is 6. The molecule has 0 aromatic heterocycles. The van der Waals surface area contributed by atoms with E-state index >= 15 is 0 Å². The molecule has 44 heavy (non-hydrogen) atoms. The molecule has 3 aliphatic carbocycles. The summed E-state index contributed by atoms with van der Waals surface area (Å²) in [5.41, 5.74) is 4.30. The van der Waals surface area contributed by atoms with Crippen LogP contribution < -0.4 is 4.74 Å². The topological polar surface area (TPSA) is 84.0 Å². The molecule has 1 aliphatic heterocycles. The first-order valence-corrected chi connectivity index (χ1v) is 15.0. The van der Waals surface area contributed by atoms with Gasteiger partial charge in [0.1, 0.15) is 11.8 Å². The van der Waals surface area contributed by atoms with E-state index in [1.54, 1.807) is 24.3 Å². The number of halogens is 2. The average molecular weight is 626 g/mol. The number of methoxy groups -OCH3 is 1. The molecule has 3 amide bonds. The maximum absolute atomic E-state index is 14.6. The van der Waals surface area contributed by atoms with E-state index in [1.807, 2.05) is 48.5 Å². The van der Waals surface area contributed by atoms with Gasteiger partial charge in [0.15, 0.2) is 5.78 Å². The first kappa shape index (κ1) is 28.3. The van der Waals surface area contributed by atoms with Crippen LogP contribution >= 0.6 is 23.2 Å². The summed E-state index contributed by atoms with van der Waals surface area (Å²) in [5, 5.41) is 2.24. The monoisotopic (exact) mass is 624 g/mol. The second kappa shape index (κ2) is 10.6. The average Bonchev–Trinajstić information content (AvgIpc) is 3.30. The number of carbonyl (C=O) groups is 4. The van der Waals surface area contributed by atoms with Crippen molar-refractivity contribution >= 4 is 46.7 Å². The van der Waals surface area contributed by atoms with Crippen molar-refractivity contribution in [1.82, 2.24) is 10.0 Å². The summed E-state index contributed by atoms with van der Waals surface area (Å²) < 4.78 is 5.22. The summed E-state index contributed by atoms with van der Waals surface area (Å²) in [5.74, 6) is -3.93. The molecule has 4 aromatic carbocycles. The van der Waals surface area contributed by atoms with E-state index in [4.69, 9.17) is 27.9 Å². The van der Waals surface area contributed by atoms with Gasteiger partial charge in [-0.2, -0.15) is 5.01 Å². The van der Waals surface area contributed by atoms with Gasteiger partial charge in [-0.05, 0) is 71.6 Å². The van der Waals surface area contributed by atoms with Gasteiger partial charge >= 0.3 is 0 Å². The molecular formula is C35H26Cl2N2O5. The van der Waals surface area contributed by atoms with E-state index in [1.165, 1.54) is 32.2 Å². The molecule has 0 unspecified atom stereocenters. The molecule has 2 bridgehead atoms. The highest BCUT2D eigenvalue weighted by molar-refractivity contribution is 6.36. The number of hydrazine groups is 1. The number of carbonyl (C=O) groups excluding carboxylic acids is 4. The third-order valence-corrected chi connectivity index (χ3v) is 9.68. The number of ketones is 1. The molecule has 7 nitrogen and oxygen atoms in total. The molecular weight excluding hydrogens is 599 g/mol. The third kappa shape index (κ3) is 4.10. The molecule has 0 radical (unpaired) electrons. The van der Waals surface area contributed by atoms with Gasteiger partial charge < -0.3 is 4.74 Å². The molecule has 3 atom stereocenters. The van der Waals surface area contributed by atoms with Crippen LogP contribution in [0.25, 0.3) is 0 Å². The lowest BCUT2D eigenvalue weighted by molar-refractivity contribution is -0.156. The lowest BCUT2D eigenvalue weighted by atomic mass is 9.55. The number of imide groups is 1. The molecule has 0 N–H and O–H groups in total. The summed E-state index contributed by atoms with van der Waals surface area (Å²) >= 11 is 12.6. The van der Waals surface area contributed by atoms with Crippen LogP contribution in [0.15, 0.2) is 91.0 Å². The van der Waals surface area contributed by atoms with E-state index < -0.39 is 41.4 Å². The third-order valence-electron chi connectivity index (χ3n) is 9.13. The quantitative estimate of drug-likeness (QED) is 0.180. The van der Waals surface area contributed by atoms with Crippen LogP contribution in [-0.4, -0.2) is 46.7 Å². The first-order valence-electron chi connectivity index (χ1n) is 14.2. The van der Waals surface area contributed by atoms with Crippen molar-refractivity contribution in [2.75, 3.05) is 7.11 Å². The van der Waals surface area contributed by atoms with Gasteiger partial charge in [-0.1, -0.05) is 71.7 Å². The Morgan fingerprint density at radius 3 is 1.73 bits per heavy atom. The second-order valence-corrected chi connectivity index (χ2v) is 12.1.